The second-order valence-corrected chi connectivity index (χ2v) is 7.94. The molecule has 1 N–H and O–H groups in total. The van der Waals surface area contributed by atoms with Crippen LogP contribution in [0.4, 0.5) is 13.2 Å². The molecule has 0 saturated carbocycles. The van der Waals surface area contributed by atoms with Crippen LogP contribution in [0.5, 0.6) is 5.75 Å². The highest BCUT2D eigenvalue weighted by molar-refractivity contribution is 9.10. The van der Waals surface area contributed by atoms with Crippen molar-refractivity contribution >= 4 is 21.8 Å². The predicted octanol–water partition coefficient (Wildman–Crippen LogP) is 4.72. The Bertz CT molecular complexity index is 825. The van der Waals surface area contributed by atoms with E-state index in [1.807, 2.05) is 0 Å². The summed E-state index contributed by atoms with van der Waals surface area (Å²) in [7, 11) is 0. The molecule has 4 nitrogen and oxygen atoms in total. The number of carbonyl (C=O) groups is 1. The first kappa shape index (κ1) is 21.6. The maximum absolute atomic E-state index is 12.9. The number of nitrogens with one attached hydrogen (secondary N) is 1. The Balaban J connectivity index is 1.49. The highest BCUT2D eigenvalue weighted by atomic mass is 79.9. The third-order valence-electron chi connectivity index (χ3n) is 4.97. The molecule has 0 unspecified atom stereocenters. The first-order valence-corrected chi connectivity index (χ1v) is 10.2. The first-order chi connectivity index (χ1) is 13.9. The molecular formula is C21H22BrF3N2O2. The molecule has 8 heteroatoms. The predicted molar refractivity (Wildman–Crippen MR) is 107 cm³/mol. The number of likely N-dealkylation sites (tertiary alicyclic amines) is 1. The van der Waals surface area contributed by atoms with Crippen LogP contribution in [0.25, 0.3) is 0 Å². The zero-order valence-corrected chi connectivity index (χ0v) is 17.3. The number of piperidine rings is 1. The van der Waals surface area contributed by atoms with Gasteiger partial charge in [0.1, 0.15) is 11.6 Å². The van der Waals surface area contributed by atoms with E-state index in [0.717, 1.165) is 10.0 Å². The van der Waals surface area contributed by atoms with Gasteiger partial charge in [0.2, 0.25) is 5.91 Å². The number of nitrogens with zero attached hydrogens (tertiary/aromatic N) is 1. The molecule has 0 spiro atoms. The van der Waals surface area contributed by atoms with Crippen LogP contribution in [-0.2, 0) is 17.9 Å². The molecule has 2 aromatic carbocycles. The fraction of sp³-hybridized carbons (Fsp3) is 0.381. The van der Waals surface area contributed by atoms with Crippen molar-refractivity contribution in [2.75, 3.05) is 13.1 Å². The number of halogens is 4. The number of benzene rings is 2. The summed E-state index contributed by atoms with van der Waals surface area (Å²) in [4.78, 5) is 14.5. The van der Waals surface area contributed by atoms with E-state index in [1.54, 1.807) is 24.3 Å². The molecule has 156 valence electrons. The van der Waals surface area contributed by atoms with Crippen molar-refractivity contribution in [2.24, 2.45) is 5.92 Å². The maximum atomic E-state index is 12.9. The van der Waals surface area contributed by atoms with Crippen LogP contribution in [0.3, 0.4) is 0 Å². The summed E-state index contributed by atoms with van der Waals surface area (Å²) in [5.41, 5.74) is 1.53. The maximum Gasteiger partial charge on any atom is 0.387 e. The highest BCUT2D eigenvalue weighted by Crippen LogP contribution is 2.28. The van der Waals surface area contributed by atoms with Gasteiger partial charge in [-0.1, -0.05) is 28.1 Å². The monoisotopic (exact) mass is 470 g/mol. The van der Waals surface area contributed by atoms with Gasteiger partial charge in [0.05, 0.1) is 0 Å². The lowest BCUT2D eigenvalue weighted by Crippen LogP contribution is -2.40. The van der Waals surface area contributed by atoms with Crippen molar-refractivity contribution in [1.82, 2.24) is 10.2 Å². The summed E-state index contributed by atoms with van der Waals surface area (Å²) in [6.45, 7) is -0.646. The Morgan fingerprint density at radius 3 is 2.52 bits per heavy atom. The lowest BCUT2D eigenvalue weighted by Gasteiger charge is -2.31. The molecule has 29 heavy (non-hydrogen) atoms. The van der Waals surface area contributed by atoms with E-state index in [0.29, 0.717) is 44.6 Å². The Labute approximate surface area is 176 Å². The van der Waals surface area contributed by atoms with Gasteiger partial charge in [0, 0.05) is 29.0 Å². The first-order valence-electron chi connectivity index (χ1n) is 9.38. The smallest absolute Gasteiger partial charge is 0.387 e. The normalized spacial score (nSPS) is 15.5. The number of carbonyl (C=O) groups excluding carboxylic acids is 1. The Morgan fingerprint density at radius 2 is 1.86 bits per heavy atom. The van der Waals surface area contributed by atoms with E-state index in [9.17, 15) is 18.0 Å². The van der Waals surface area contributed by atoms with Gasteiger partial charge in [-0.25, -0.2) is 4.39 Å². The van der Waals surface area contributed by atoms with Crippen LogP contribution in [-0.4, -0.2) is 30.5 Å². The summed E-state index contributed by atoms with van der Waals surface area (Å²) in [6, 6.07) is 11.0. The zero-order chi connectivity index (χ0) is 20.8. The minimum Gasteiger partial charge on any atom is -0.434 e. The molecule has 0 atom stereocenters. The second kappa shape index (κ2) is 10.1. The molecule has 1 fully saturated rings. The summed E-state index contributed by atoms with van der Waals surface area (Å²) >= 11 is 3.36. The van der Waals surface area contributed by atoms with Crippen molar-refractivity contribution < 1.29 is 22.7 Å². The number of rotatable bonds is 7. The van der Waals surface area contributed by atoms with Crippen molar-refractivity contribution in [3.05, 3.63) is 63.9 Å². The van der Waals surface area contributed by atoms with Gasteiger partial charge in [-0.05, 0) is 61.8 Å². The van der Waals surface area contributed by atoms with Crippen molar-refractivity contribution in [2.45, 2.75) is 32.5 Å². The topological polar surface area (TPSA) is 41.6 Å². The van der Waals surface area contributed by atoms with Crippen molar-refractivity contribution in [1.29, 1.82) is 0 Å². The summed E-state index contributed by atoms with van der Waals surface area (Å²) in [5.74, 6) is -0.244. The standard InChI is InChI=1S/C21H22BrF3N2O2/c22-17-3-6-19(29-21(24)25)16(11-17)13-27-9-7-15(8-10-27)20(28)26-12-14-1-4-18(23)5-2-14/h1-6,11,15,21H,7-10,12-13H2,(H,26,28). The molecule has 1 saturated heterocycles. The Morgan fingerprint density at radius 1 is 1.17 bits per heavy atom. The lowest BCUT2D eigenvalue weighted by molar-refractivity contribution is -0.126. The van der Waals surface area contributed by atoms with E-state index in [-0.39, 0.29) is 23.4 Å². The molecule has 1 aliphatic rings. The molecule has 1 amide bonds. The average molecular weight is 471 g/mol. The van der Waals surface area contributed by atoms with Gasteiger partial charge in [-0.2, -0.15) is 8.78 Å². The molecule has 0 bridgehead atoms. The SMILES string of the molecule is O=C(NCc1ccc(F)cc1)C1CCN(Cc2cc(Br)ccc2OC(F)F)CC1. The fourth-order valence-corrected chi connectivity index (χ4v) is 3.82. The fourth-order valence-electron chi connectivity index (χ4n) is 3.41. The summed E-state index contributed by atoms with van der Waals surface area (Å²) in [5, 5.41) is 2.90. The van der Waals surface area contributed by atoms with Gasteiger partial charge in [-0.15, -0.1) is 0 Å². The van der Waals surface area contributed by atoms with E-state index in [2.05, 4.69) is 30.9 Å². The van der Waals surface area contributed by atoms with Crippen LogP contribution < -0.4 is 10.1 Å². The minimum atomic E-state index is -2.87. The number of hydrogen-bond acceptors (Lipinski definition) is 3. The molecular weight excluding hydrogens is 449 g/mol. The summed E-state index contributed by atoms with van der Waals surface area (Å²) in [6.07, 6.45) is 1.38. The molecule has 3 rings (SSSR count). The van der Waals surface area contributed by atoms with E-state index in [1.165, 1.54) is 18.2 Å². The quantitative estimate of drug-likeness (QED) is 0.636. The average Bonchev–Trinajstić information content (AvgIpc) is 2.70. The van der Waals surface area contributed by atoms with Crippen LogP contribution >= 0.6 is 15.9 Å². The summed E-state index contributed by atoms with van der Waals surface area (Å²) < 4.78 is 43.6. The van der Waals surface area contributed by atoms with Crippen molar-refractivity contribution in [3.8, 4) is 5.75 Å². The van der Waals surface area contributed by atoms with Gasteiger partial charge in [0.25, 0.3) is 0 Å². The molecule has 1 heterocycles. The van der Waals surface area contributed by atoms with E-state index < -0.39 is 6.61 Å². The molecule has 1 aliphatic heterocycles. The largest absolute Gasteiger partial charge is 0.434 e. The third kappa shape index (κ3) is 6.47. The number of amides is 1. The molecule has 0 radical (unpaired) electrons. The third-order valence-corrected chi connectivity index (χ3v) is 5.46. The molecule has 0 aromatic heterocycles. The van der Waals surface area contributed by atoms with Crippen LogP contribution in [0.1, 0.15) is 24.0 Å². The second-order valence-electron chi connectivity index (χ2n) is 7.03. The van der Waals surface area contributed by atoms with Gasteiger partial charge in [0.15, 0.2) is 0 Å². The van der Waals surface area contributed by atoms with Gasteiger partial charge >= 0.3 is 6.61 Å². The minimum absolute atomic E-state index is 0.0156. The van der Waals surface area contributed by atoms with Gasteiger partial charge < -0.3 is 10.1 Å². The number of hydrogen-bond donors (Lipinski definition) is 1. The zero-order valence-electron chi connectivity index (χ0n) is 15.7. The lowest BCUT2D eigenvalue weighted by atomic mass is 9.95. The highest BCUT2D eigenvalue weighted by Gasteiger charge is 2.25. The van der Waals surface area contributed by atoms with Crippen LogP contribution in [0.15, 0.2) is 46.9 Å². The Hall–Kier alpha value is -2.06. The Kier molecular flexibility index (Phi) is 7.55. The molecule has 0 aliphatic carbocycles. The van der Waals surface area contributed by atoms with Crippen molar-refractivity contribution in [3.63, 3.8) is 0 Å². The number of ether oxygens (including phenoxy) is 1. The van der Waals surface area contributed by atoms with Crippen LogP contribution in [0.2, 0.25) is 0 Å². The van der Waals surface area contributed by atoms with E-state index >= 15 is 0 Å². The molecule has 2 aromatic rings. The van der Waals surface area contributed by atoms with Crippen LogP contribution in [0, 0.1) is 11.7 Å². The van der Waals surface area contributed by atoms with E-state index in [4.69, 9.17) is 0 Å². The number of alkyl halides is 2. The van der Waals surface area contributed by atoms with Gasteiger partial charge in [-0.3, -0.25) is 9.69 Å².